The lowest BCUT2D eigenvalue weighted by Crippen LogP contribution is -2.59. The van der Waals surface area contributed by atoms with Gasteiger partial charge in [0, 0.05) is 31.2 Å². The predicted molar refractivity (Wildman–Crippen MR) is 78.8 cm³/mol. The van der Waals surface area contributed by atoms with Gasteiger partial charge in [0.05, 0.1) is 12.5 Å². The van der Waals surface area contributed by atoms with Crippen molar-refractivity contribution in [2.24, 2.45) is 11.8 Å². The number of rotatable bonds is 5. The van der Waals surface area contributed by atoms with E-state index in [0.29, 0.717) is 24.5 Å². The summed E-state index contributed by atoms with van der Waals surface area (Å²) in [5.74, 6) is 1.59. The Kier molecular flexibility index (Phi) is 5.24. The van der Waals surface area contributed by atoms with Crippen molar-refractivity contribution in [3.8, 4) is 6.07 Å². The molecule has 1 saturated heterocycles. The maximum Gasteiger partial charge on any atom is 0.0638 e. The van der Waals surface area contributed by atoms with E-state index in [1.54, 1.807) is 0 Å². The number of hydrogen-bond donors (Lipinski definition) is 1. The van der Waals surface area contributed by atoms with Crippen LogP contribution < -0.4 is 5.32 Å². The Bertz CT molecular complexity index is 306. The number of likely N-dealkylation sites (tertiary alicyclic amines) is 1. The zero-order valence-electron chi connectivity index (χ0n) is 12.7. The highest BCUT2D eigenvalue weighted by atomic mass is 15.2. The zero-order valence-corrected chi connectivity index (χ0v) is 12.7. The first kappa shape index (κ1) is 14.8. The summed E-state index contributed by atoms with van der Waals surface area (Å²) in [7, 11) is 0. The molecule has 0 aromatic heterocycles. The number of fused-ring (bicyclic) bond motifs is 2. The fraction of sp³-hybridized carbons (Fsp3) is 0.938. The van der Waals surface area contributed by atoms with Crippen LogP contribution in [0.1, 0.15) is 52.9 Å². The van der Waals surface area contributed by atoms with E-state index in [2.05, 4.69) is 37.1 Å². The minimum atomic E-state index is 0.392. The van der Waals surface area contributed by atoms with Gasteiger partial charge in [0.1, 0.15) is 0 Å². The molecule has 3 heteroatoms. The summed E-state index contributed by atoms with van der Waals surface area (Å²) in [6.45, 7) is 9.31. The SMILES string of the molecule is CCC(CC#N)NC1C2CCCC1CN(C(C)C)C2. The molecule has 2 rings (SSSR count). The molecule has 1 aliphatic heterocycles. The van der Waals surface area contributed by atoms with Crippen LogP contribution in [-0.4, -0.2) is 36.1 Å². The molecule has 0 radical (unpaired) electrons. The molecule has 1 aliphatic carbocycles. The van der Waals surface area contributed by atoms with E-state index in [1.807, 2.05) is 0 Å². The van der Waals surface area contributed by atoms with Crippen LogP contribution in [0, 0.1) is 23.2 Å². The third-order valence-electron chi connectivity index (χ3n) is 5.09. The van der Waals surface area contributed by atoms with Gasteiger partial charge < -0.3 is 10.2 Å². The van der Waals surface area contributed by atoms with Gasteiger partial charge in [0.2, 0.25) is 0 Å². The van der Waals surface area contributed by atoms with Gasteiger partial charge in [-0.1, -0.05) is 13.3 Å². The summed E-state index contributed by atoms with van der Waals surface area (Å²) >= 11 is 0. The van der Waals surface area contributed by atoms with Crippen molar-refractivity contribution < 1.29 is 0 Å². The average Bonchev–Trinajstić information content (AvgIpc) is 2.37. The first-order valence-corrected chi connectivity index (χ1v) is 8.02. The Morgan fingerprint density at radius 2 is 1.89 bits per heavy atom. The van der Waals surface area contributed by atoms with Gasteiger partial charge in [-0.05, 0) is 44.9 Å². The number of nitriles is 1. The zero-order chi connectivity index (χ0) is 13.8. The Morgan fingerprint density at radius 3 is 2.37 bits per heavy atom. The number of nitrogens with one attached hydrogen (secondary N) is 1. The van der Waals surface area contributed by atoms with Crippen molar-refractivity contribution in [3.05, 3.63) is 0 Å². The summed E-state index contributed by atoms with van der Waals surface area (Å²) in [5, 5.41) is 12.7. The van der Waals surface area contributed by atoms with E-state index in [4.69, 9.17) is 5.26 Å². The molecular weight excluding hydrogens is 234 g/mol. The first-order valence-electron chi connectivity index (χ1n) is 8.02. The van der Waals surface area contributed by atoms with Gasteiger partial charge in [-0.2, -0.15) is 5.26 Å². The standard InChI is InChI=1S/C16H29N3/c1-4-15(8-9-17)18-16-13-6-5-7-14(16)11-19(10-13)12(2)3/h12-16,18H,4-8,10-11H2,1-3H3. The topological polar surface area (TPSA) is 39.1 Å². The lowest BCUT2D eigenvalue weighted by molar-refractivity contribution is 0.0249. The van der Waals surface area contributed by atoms with E-state index in [-0.39, 0.29) is 0 Å². The Balaban J connectivity index is 1.99. The van der Waals surface area contributed by atoms with Gasteiger partial charge in [0.25, 0.3) is 0 Å². The molecule has 3 nitrogen and oxygen atoms in total. The van der Waals surface area contributed by atoms with Gasteiger partial charge in [-0.3, -0.25) is 0 Å². The molecular formula is C16H29N3. The fourth-order valence-electron chi connectivity index (χ4n) is 3.87. The molecule has 0 amide bonds. The van der Waals surface area contributed by atoms with E-state index in [1.165, 1.54) is 32.4 Å². The molecule has 0 aromatic carbocycles. The third-order valence-corrected chi connectivity index (χ3v) is 5.09. The second-order valence-electron chi connectivity index (χ2n) is 6.66. The molecule has 3 unspecified atom stereocenters. The molecule has 2 bridgehead atoms. The van der Waals surface area contributed by atoms with E-state index in [9.17, 15) is 0 Å². The monoisotopic (exact) mass is 263 g/mol. The van der Waals surface area contributed by atoms with Crippen LogP contribution in [0.5, 0.6) is 0 Å². The van der Waals surface area contributed by atoms with Crippen LogP contribution in [0.15, 0.2) is 0 Å². The number of hydrogen-bond acceptors (Lipinski definition) is 3. The van der Waals surface area contributed by atoms with E-state index >= 15 is 0 Å². The summed E-state index contributed by atoms with van der Waals surface area (Å²) in [6, 6.07) is 4.05. The second-order valence-corrected chi connectivity index (χ2v) is 6.66. The van der Waals surface area contributed by atoms with Gasteiger partial charge in [0.15, 0.2) is 0 Å². The molecule has 3 atom stereocenters. The molecule has 0 aromatic rings. The predicted octanol–water partition coefficient (Wildman–Crippen LogP) is 2.78. The van der Waals surface area contributed by atoms with E-state index in [0.717, 1.165) is 18.3 Å². The highest BCUT2D eigenvalue weighted by Crippen LogP contribution is 2.36. The van der Waals surface area contributed by atoms with Crippen LogP contribution in [0.3, 0.4) is 0 Å². The minimum absolute atomic E-state index is 0.392. The van der Waals surface area contributed by atoms with Crippen molar-refractivity contribution in [2.75, 3.05) is 13.1 Å². The molecule has 2 fully saturated rings. The fourth-order valence-corrected chi connectivity index (χ4v) is 3.87. The van der Waals surface area contributed by atoms with Gasteiger partial charge in [-0.25, -0.2) is 0 Å². The lowest BCUT2D eigenvalue weighted by Gasteiger charge is -2.50. The van der Waals surface area contributed by atoms with Crippen molar-refractivity contribution in [1.29, 1.82) is 5.26 Å². The maximum atomic E-state index is 8.92. The molecule has 2 aliphatic rings. The summed E-state index contributed by atoms with van der Waals surface area (Å²) < 4.78 is 0. The number of piperidine rings is 1. The van der Waals surface area contributed by atoms with Crippen molar-refractivity contribution in [2.45, 2.75) is 71.0 Å². The van der Waals surface area contributed by atoms with Crippen LogP contribution in [-0.2, 0) is 0 Å². The molecule has 1 N–H and O–H groups in total. The minimum Gasteiger partial charge on any atom is -0.310 e. The summed E-state index contributed by atoms with van der Waals surface area (Å²) in [5.41, 5.74) is 0. The second kappa shape index (κ2) is 6.72. The van der Waals surface area contributed by atoms with E-state index < -0.39 is 0 Å². The van der Waals surface area contributed by atoms with Crippen LogP contribution >= 0.6 is 0 Å². The molecule has 108 valence electrons. The van der Waals surface area contributed by atoms with Crippen LogP contribution in [0.4, 0.5) is 0 Å². The normalized spacial score (nSPS) is 33.1. The average molecular weight is 263 g/mol. The Hall–Kier alpha value is -0.590. The van der Waals surface area contributed by atoms with Crippen molar-refractivity contribution in [1.82, 2.24) is 10.2 Å². The first-order chi connectivity index (χ1) is 9.15. The molecule has 19 heavy (non-hydrogen) atoms. The maximum absolute atomic E-state index is 8.92. The molecule has 0 spiro atoms. The number of nitrogens with zero attached hydrogens (tertiary/aromatic N) is 2. The van der Waals surface area contributed by atoms with Crippen LogP contribution in [0.25, 0.3) is 0 Å². The van der Waals surface area contributed by atoms with Crippen molar-refractivity contribution >= 4 is 0 Å². The quantitative estimate of drug-likeness (QED) is 0.829. The van der Waals surface area contributed by atoms with Gasteiger partial charge >= 0.3 is 0 Å². The largest absolute Gasteiger partial charge is 0.310 e. The Labute approximate surface area is 118 Å². The molecule has 1 heterocycles. The smallest absolute Gasteiger partial charge is 0.0638 e. The van der Waals surface area contributed by atoms with Crippen LogP contribution in [0.2, 0.25) is 0 Å². The van der Waals surface area contributed by atoms with Gasteiger partial charge in [-0.15, -0.1) is 0 Å². The van der Waals surface area contributed by atoms with Crippen molar-refractivity contribution in [3.63, 3.8) is 0 Å². The lowest BCUT2D eigenvalue weighted by atomic mass is 9.72. The highest BCUT2D eigenvalue weighted by Gasteiger charge is 2.40. The Morgan fingerprint density at radius 1 is 1.26 bits per heavy atom. The highest BCUT2D eigenvalue weighted by molar-refractivity contribution is 4.97. The molecule has 1 saturated carbocycles. The summed E-state index contributed by atoms with van der Waals surface area (Å²) in [6.07, 6.45) is 5.84. The third kappa shape index (κ3) is 3.49. The summed E-state index contributed by atoms with van der Waals surface area (Å²) in [4.78, 5) is 2.65.